The number of carbonyl (C=O) groups excluding carboxylic acids is 3. The number of benzene rings is 4. The standard InChI is InChI=1S/C36H29BrClN3O4S/c1-22-8-13-27(38)20-31(22)40-34(42)23(2)46-30-17-14-28(15-18-30)39-36(44)32(41-35(43)25-6-4-3-5-7-25)21-29-16-19-33(45-29)24-9-11-26(37)12-10-24/h3-21,23H,1-2H3,(H,39,44)(H,40,42)(H,41,43)/b32-21-/t23-/m0/s1. The Morgan fingerprint density at radius 3 is 2.30 bits per heavy atom. The van der Waals surface area contributed by atoms with Crippen molar-refractivity contribution >= 4 is 74.5 Å². The summed E-state index contributed by atoms with van der Waals surface area (Å²) in [5.41, 5.74) is 3.38. The van der Waals surface area contributed by atoms with Crippen LogP contribution in [-0.2, 0) is 9.59 Å². The van der Waals surface area contributed by atoms with Crippen LogP contribution in [0.25, 0.3) is 17.4 Å². The van der Waals surface area contributed by atoms with Gasteiger partial charge in [-0.3, -0.25) is 14.4 Å². The van der Waals surface area contributed by atoms with Crippen LogP contribution in [0.4, 0.5) is 11.4 Å². The molecule has 10 heteroatoms. The number of rotatable bonds is 10. The lowest BCUT2D eigenvalue weighted by Gasteiger charge is -2.14. The van der Waals surface area contributed by atoms with Crippen LogP contribution in [0.2, 0.25) is 5.02 Å². The zero-order valence-electron chi connectivity index (χ0n) is 24.8. The van der Waals surface area contributed by atoms with Gasteiger partial charge in [-0.15, -0.1) is 11.8 Å². The maximum absolute atomic E-state index is 13.5. The fraction of sp³-hybridized carbons (Fsp3) is 0.0833. The average Bonchev–Trinajstić information content (AvgIpc) is 3.52. The molecule has 0 bridgehead atoms. The Morgan fingerprint density at radius 1 is 0.870 bits per heavy atom. The minimum Gasteiger partial charge on any atom is -0.457 e. The lowest BCUT2D eigenvalue weighted by atomic mass is 10.2. The first-order valence-corrected chi connectivity index (χ1v) is 16.3. The minimum atomic E-state index is -0.532. The van der Waals surface area contributed by atoms with E-state index in [1.165, 1.54) is 17.8 Å². The molecule has 0 saturated heterocycles. The number of amides is 3. The highest BCUT2D eigenvalue weighted by atomic mass is 79.9. The van der Waals surface area contributed by atoms with Crippen molar-refractivity contribution in [2.24, 2.45) is 0 Å². The van der Waals surface area contributed by atoms with E-state index < -0.39 is 17.1 Å². The van der Waals surface area contributed by atoms with Gasteiger partial charge in [0, 0.05) is 43.0 Å². The number of carbonyl (C=O) groups is 3. The number of hydrogen-bond acceptors (Lipinski definition) is 5. The molecule has 3 amide bonds. The first kappa shape index (κ1) is 32.8. The van der Waals surface area contributed by atoms with Crippen LogP contribution in [0, 0.1) is 6.92 Å². The van der Waals surface area contributed by atoms with Crippen LogP contribution in [0.1, 0.15) is 28.6 Å². The molecule has 46 heavy (non-hydrogen) atoms. The molecule has 232 valence electrons. The summed E-state index contributed by atoms with van der Waals surface area (Å²) in [6.07, 6.45) is 1.49. The summed E-state index contributed by atoms with van der Waals surface area (Å²) in [6.45, 7) is 3.72. The molecule has 7 nitrogen and oxygen atoms in total. The number of hydrogen-bond donors (Lipinski definition) is 3. The molecule has 4 aromatic carbocycles. The van der Waals surface area contributed by atoms with Gasteiger partial charge in [0.15, 0.2) is 0 Å². The van der Waals surface area contributed by atoms with Crippen molar-refractivity contribution in [1.29, 1.82) is 0 Å². The molecule has 5 rings (SSSR count). The first-order chi connectivity index (χ1) is 22.1. The SMILES string of the molecule is Cc1ccc(Cl)cc1NC(=O)[C@H](C)Sc1ccc(NC(=O)/C(=C/c2ccc(-c3ccc(Br)cc3)o2)NC(=O)c2ccccc2)cc1. The van der Waals surface area contributed by atoms with E-state index in [9.17, 15) is 14.4 Å². The number of halogens is 2. The van der Waals surface area contributed by atoms with E-state index in [2.05, 4.69) is 31.9 Å². The van der Waals surface area contributed by atoms with Gasteiger partial charge >= 0.3 is 0 Å². The molecule has 0 unspecified atom stereocenters. The fourth-order valence-electron chi connectivity index (χ4n) is 4.32. The van der Waals surface area contributed by atoms with Crippen LogP contribution < -0.4 is 16.0 Å². The number of anilines is 2. The first-order valence-electron chi connectivity index (χ1n) is 14.2. The molecule has 1 atom stereocenters. The van der Waals surface area contributed by atoms with Gasteiger partial charge in [-0.05, 0) is 92.2 Å². The van der Waals surface area contributed by atoms with E-state index in [4.69, 9.17) is 16.0 Å². The Kier molecular flexibility index (Phi) is 10.8. The summed E-state index contributed by atoms with van der Waals surface area (Å²) < 4.78 is 6.93. The van der Waals surface area contributed by atoms with Gasteiger partial charge in [-0.1, -0.05) is 63.9 Å². The van der Waals surface area contributed by atoms with Crippen LogP contribution in [0.5, 0.6) is 0 Å². The zero-order chi connectivity index (χ0) is 32.6. The van der Waals surface area contributed by atoms with Gasteiger partial charge in [0.1, 0.15) is 17.2 Å². The summed E-state index contributed by atoms with van der Waals surface area (Å²) in [5, 5.41) is 8.65. The van der Waals surface area contributed by atoms with Crippen molar-refractivity contribution < 1.29 is 18.8 Å². The van der Waals surface area contributed by atoms with E-state index in [0.29, 0.717) is 33.5 Å². The van der Waals surface area contributed by atoms with Crippen LogP contribution in [-0.4, -0.2) is 23.0 Å². The van der Waals surface area contributed by atoms with Gasteiger partial charge < -0.3 is 20.4 Å². The predicted molar refractivity (Wildman–Crippen MR) is 189 cm³/mol. The Balaban J connectivity index is 1.28. The third kappa shape index (κ3) is 8.78. The molecule has 1 aromatic heterocycles. The van der Waals surface area contributed by atoms with E-state index in [-0.39, 0.29) is 11.6 Å². The van der Waals surface area contributed by atoms with Gasteiger partial charge in [-0.25, -0.2) is 0 Å². The quantitative estimate of drug-likeness (QED) is 0.0990. The summed E-state index contributed by atoms with van der Waals surface area (Å²) in [6, 6.07) is 32.3. The topological polar surface area (TPSA) is 100 Å². The van der Waals surface area contributed by atoms with Crippen molar-refractivity contribution in [2.75, 3.05) is 10.6 Å². The van der Waals surface area contributed by atoms with Crippen LogP contribution in [0.3, 0.4) is 0 Å². The molecule has 0 aliphatic heterocycles. The predicted octanol–water partition coefficient (Wildman–Crippen LogP) is 9.20. The number of furan rings is 1. The van der Waals surface area contributed by atoms with E-state index >= 15 is 0 Å². The highest BCUT2D eigenvalue weighted by Crippen LogP contribution is 2.28. The van der Waals surface area contributed by atoms with Crippen LogP contribution >= 0.6 is 39.3 Å². The van der Waals surface area contributed by atoms with Crippen molar-refractivity contribution in [3.8, 4) is 11.3 Å². The molecule has 5 aromatic rings. The van der Waals surface area contributed by atoms with Gasteiger partial charge in [0.05, 0.1) is 5.25 Å². The van der Waals surface area contributed by atoms with Gasteiger partial charge in [-0.2, -0.15) is 0 Å². The molecule has 0 aliphatic carbocycles. The van der Waals surface area contributed by atoms with Gasteiger partial charge in [0.2, 0.25) is 5.91 Å². The molecular formula is C36H29BrClN3O4S. The number of aryl methyl sites for hydroxylation is 1. The maximum atomic E-state index is 13.5. The minimum absolute atomic E-state index is 0.00520. The second-order valence-corrected chi connectivity index (χ2v) is 13.0. The number of nitrogens with one attached hydrogen (secondary N) is 3. The summed E-state index contributed by atoms with van der Waals surface area (Å²) in [5.74, 6) is -0.113. The molecule has 0 radical (unpaired) electrons. The Bertz CT molecular complexity index is 1890. The normalized spacial score (nSPS) is 11.9. The molecule has 1 heterocycles. The summed E-state index contributed by atoms with van der Waals surface area (Å²) >= 11 is 10.9. The zero-order valence-corrected chi connectivity index (χ0v) is 28.0. The monoisotopic (exact) mass is 713 g/mol. The smallest absolute Gasteiger partial charge is 0.272 e. The van der Waals surface area contributed by atoms with Crippen molar-refractivity contribution in [3.63, 3.8) is 0 Å². The van der Waals surface area contributed by atoms with E-state index in [1.807, 2.05) is 62.4 Å². The molecular weight excluding hydrogens is 686 g/mol. The molecule has 0 aliphatic rings. The van der Waals surface area contributed by atoms with Crippen LogP contribution in [0.15, 0.2) is 129 Å². The lowest BCUT2D eigenvalue weighted by molar-refractivity contribution is -0.115. The second kappa shape index (κ2) is 15.1. The number of thioether (sulfide) groups is 1. The summed E-state index contributed by atoms with van der Waals surface area (Å²) in [7, 11) is 0. The third-order valence-electron chi connectivity index (χ3n) is 6.82. The van der Waals surface area contributed by atoms with Gasteiger partial charge in [0.25, 0.3) is 11.8 Å². The second-order valence-electron chi connectivity index (χ2n) is 10.3. The third-order valence-corrected chi connectivity index (χ3v) is 8.70. The van der Waals surface area contributed by atoms with Crippen molar-refractivity contribution in [3.05, 3.63) is 141 Å². The maximum Gasteiger partial charge on any atom is 0.272 e. The molecule has 0 saturated carbocycles. The Labute approximate surface area is 284 Å². The average molecular weight is 715 g/mol. The van der Waals surface area contributed by atoms with E-state index in [0.717, 1.165) is 20.5 Å². The Morgan fingerprint density at radius 2 is 1.59 bits per heavy atom. The van der Waals surface area contributed by atoms with Crippen molar-refractivity contribution in [2.45, 2.75) is 24.0 Å². The largest absolute Gasteiger partial charge is 0.457 e. The Hall–Kier alpha value is -4.57. The molecule has 0 fully saturated rings. The molecule has 3 N–H and O–H groups in total. The highest BCUT2D eigenvalue weighted by Gasteiger charge is 2.18. The highest BCUT2D eigenvalue weighted by molar-refractivity contribution is 9.10. The summed E-state index contributed by atoms with van der Waals surface area (Å²) in [4.78, 5) is 40.1. The van der Waals surface area contributed by atoms with Crippen molar-refractivity contribution in [1.82, 2.24) is 5.32 Å². The fourth-order valence-corrected chi connectivity index (χ4v) is 5.62. The van der Waals surface area contributed by atoms with E-state index in [1.54, 1.807) is 60.7 Å². The lowest BCUT2D eigenvalue weighted by Crippen LogP contribution is -2.30. The molecule has 0 spiro atoms.